The van der Waals surface area contributed by atoms with Gasteiger partial charge in [0.2, 0.25) is 5.91 Å². The highest BCUT2D eigenvalue weighted by atomic mass is 32.2. The molecule has 7 nitrogen and oxygen atoms in total. The number of thioether (sulfide) groups is 1. The highest BCUT2D eigenvalue weighted by molar-refractivity contribution is 8.18. The Kier molecular flexibility index (Phi) is 8.23. The molecule has 1 aromatic rings. The van der Waals surface area contributed by atoms with Crippen LogP contribution in [-0.4, -0.2) is 59.2 Å². The highest BCUT2D eigenvalue weighted by Crippen LogP contribution is 2.35. The summed E-state index contributed by atoms with van der Waals surface area (Å²) < 4.78 is 11.6. The van der Waals surface area contributed by atoms with E-state index < -0.39 is 11.1 Å². The van der Waals surface area contributed by atoms with Gasteiger partial charge in [-0.3, -0.25) is 19.3 Å². The molecule has 32 heavy (non-hydrogen) atoms. The summed E-state index contributed by atoms with van der Waals surface area (Å²) in [6.07, 6.45) is 4.49. The first-order chi connectivity index (χ1) is 15.3. The predicted octanol–water partition coefficient (Wildman–Crippen LogP) is 4.56. The van der Waals surface area contributed by atoms with Crippen LogP contribution in [0.3, 0.4) is 0 Å². The molecule has 0 spiro atoms. The third-order valence-corrected chi connectivity index (χ3v) is 6.68. The normalized spacial score (nSPS) is 19.6. The number of likely N-dealkylation sites (tertiary alicyclic amines) is 1. The minimum absolute atomic E-state index is 0.0530. The summed E-state index contributed by atoms with van der Waals surface area (Å²) in [5, 5.41) is -0.415. The van der Waals surface area contributed by atoms with Crippen molar-refractivity contribution in [2.75, 3.05) is 26.2 Å². The molecule has 2 heterocycles. The molecule has 2 fully saturated rings. The number of hydrogen-bond acceptors (Lipinski definition) is 6. The van der Waals surface area contributed by atoms with E-state index in [2.05, 4.69) is 6.92 Å². The molecule has 0 aromatic heterocycles. The Bertz CT molecular complexity index is 892. The maximum Gasteiger partial charge on any atom is 0.294 e. The average molecular weight is 461 g/mol. The van der Waals surface area contributed by atoms with Crippen LogP contribution in [0, 0.1) is 5.92 Å². The quantitative estimate of drug-likeness (QED) is 0.530. The molecule has 3 rings (SSSR count). The van der Waals surface area contributed by atoms with Crippen molar-refractivity contribution in [3.63, 3.8) is 0 Å². The number of piperidine rings is 1. The van der Waals surface area contributed by atoms with Crippen molar-refractivity contribution in [2.45, 2.75) is 53.1 Å². The van der Waals surface area contributed by atoms with Gasteiger partial charge in [0, 0.05) is 13.1 Å². The Morgan fingerprint density at radius 2 is 1.94 bits per heavy atom. The number of benzene rings is 1. The molecule has 2 saturated heterocycles. The number of nitrogens with zero attached hydrogens (tertiary/aromatic N) is 2. The second-order valence-corrected chi connectivity index (χ2v) is 9.30. The fourth-order valence-corrected chi connectivity index (χ4v) is 4.40. The fraction of sp³-hybridized carbons (Fsp3) is 0.542. The van der Waals surface area contributed by atoms with E-state index in [9.17, 15) is 14.4 Å². The number of amides is 3. The molecule has 1 atom stereocenters. The first kappa shape index (κ1) is 24.2. The van der Waals surface area contributed by atoms with Crippen molar-refractivity contribution in [3.8, 4) is 11.5 Å². The molecule has 0 aliphatic carbocycles. The van der Waals surface area contributed by atoms with E-state index in [4.69, 9.17) is 9.47 Å². The topological polar surface area (TPSA) is 76.2 Å². The van der Waals surface area contributed by atoms with Crippen molar-refractivity contribution in [1.29, 1.82) is 0 Å². The zero-order valence-corrected chi connectivity index (χ0v) is 20.1. The smallest absolute Gasteiger partial charge is 0.294 e. The van der Waals surface area contributed by atoms with Gasteiger partial charge in [0.25, 0.3) is 11.1 Å². The van der Waals surface area contributed by atoms with Crippen molar-refractivity contribution >= 4 is 34.9 Å². The monoisotopic (exact) mass is 460 g/mol. The van der Waals surface area contributed by atoms with Gasteiger partial charge in [0.05, 0.1) is 17.6 Å². The molecule has 0 saturated carbocycles. The van der Waals surface area contributed by atoms with Gasteiger partial charge in [0.1, 0.15) is 6.54 Å². The van der Waals surface area contributed by atoms with E-state index in [-0.39, 0.29) is 18.6 Å². The van der Waals surface area contributed by atoms with Gasteiger partial charge in [-0.2, -0.15) is 0 Å². The molecule has 2 aliphatic heterocycles. The van der Waals surface area contributed by atoms with E-state index in [0.29, 0.717) is 42.0 Å². The van der Waals surface area contributed by atoms with Crippen LogP contribution in [0.4, 0.5) is 4.79 Å². The molecular formula is C24H32N2O5S. The lowest BCUT2D eigenvalue weighted by Crippen LogP contribution is -2.45. The molecule has 3 amide bonds. The number of carbonyl (C=O) groups is 3. The summed E-state index contributed by atoms with van der Waals surface area (Å²) in [6, 6.07) is 5.44. The van der Waals surface area contributed by atoms with Gasteiger partial charge in [-0.1, -0.05) is 19.9 Å². The van der Waals surface area contributed by atoms with Gasteiger partial charge < -0.3 is 14.4 Å². The molecule has 2 aliphatic rings. The standard InChI is InChI=1S/C24H32N2O5S/c1-5-17(4)31-19-8-7-18(13-20(19)30-6-2)14-21-23(28)26(24(29)32-21)15-22(27)25-11-9-16(3)10-12-25/h7-8,13-14,16-17H,5-6,9-12,15H2,1-4H3/b21-14+/t17-/m1/s1. The van der Waals surface area contributed by atoms with E-state index in [0.717, 1.165) is 41.5 Å². The van der Waals surface area contributed by atoms with Gasteiger partial charge in [0.15, 0.2) is 11.5 Å². The van der Waals surface area contributed by atoms with Gasteiger partial charge >= 0.3 is 0 Å². The number of carbonyl (C=O) groups excluding carboxylic acids is 3. The summed E-state index contributed by atoms with van der Waals surface area (Å²) in [5.41, 5.74) is 0.729. The number of hydrogen-bond donors (Lipinski definition) is 0. The summed E-state index contributed by atoms with van der Waals surface area (Å²) in [7, 11) is 0. The first-order valence-corrected chi connectivity index (χ1v) is 12.1. The van der Waals surface area contributed by atoms with Crippen LogP contribution in [-0.2, 0) is 9.59 Å². The lowest BCUT2D eigenvalue weighted by molar-refractivity contribution is -0.136. The highest BCUT2D eigenvalue weighted by Gasteiger charge is 2.37. The Morgan fingerprint density at radius 1 is 1.22 bits per heavy atom. The predicted molar refractivity (Wildman–Crippen MR) is 126 cm³/mol. The van der Waals surface area contributed by atoms with Crippen molar-refractivity contribution in [3.05, 3.63) is 28.7 Å². The van der Waals surface area contributed by atoms with Crippen LogP contribution >= 0.6 is 11.8 Å². The second-order valence-electron chi connectivity index (χ2n) is 8.31. The minimum atomic E-state index is -0.434. The third kappa shape index (κ3) is 5.85. The van der Waals surface area contributed by atoms with Gasteiger partial charge in [-0.15, -0.1) is 0 Å². The van der Waals surface area contributed by atoms with Crippen LogP contribution in [0.25, 0.3) is 6.08 Å². The average Bonchev–Trinajstić information content (AvgIpc) is 3.03. The summed E-state index contributed by atoms with van der Waals surface area (Å²) >= 11 is 0.859. The maximum absolute atomic E-state index is 12.8. The summed E-state index contributed by atoms with van der Waals surface area (Å²) in [6.45, 7) is 9.73. The molecule has 0 radical (unpaired) electrons. The summed E-state index contributed by atoms with van der Waals surface area (Å²) in [4.78, 5) is 41.0. The zero-order chi connectivity index (χ0) is 23.3. The maximum atomic E-state index is 12.8. The van der Waals surface area contributed by atoms with Crippen LogP contribution in [0.5, 0.6) is 11.5 Å². The van der Waals surface area contributed by atoms with Crippen LogP contribution in [0.15, 0.2) is 23.1 Å². The SMILES string of the molecule is CCOc1cc(/C=C2/SC(=O)N(CC(=O)N3CCC(C)CC3)C2=O)ccc1O[C@H](C)CC. The zero-order valence-electron chi connectivity index (χ0n) is 19.3. The molecule has 0 N–H and O–H groups in total. The number of imide groups is 1. The van der Waals surface area contributed by atoms with Crippen LogP contribution < -0.4 is 9.47 Å². The second kappa shape index (κ2) is 10.9. The summed E-state index contributed by atoms with van der Waals surface area (Å²) in [5.74, 6) is 1.23. The largest absolute Gasteiger partial charge is 0.490 e. The van der Waals surface area contributed by atoms with E-state index in [1.807, 2.05) is 32.9 Å². The fourth-order valence-electron chi connectivity index (χ4n) is 3.56. The molecule has 8 heteroatoms. The lowest BCUT2D eigenvalue weighted by atomic mass is 9.99. The van der Waals surface area contributed by atoms with E-state index in [1.165, 1.54) is 0 Å². The van der Waals surface area contributed by atoms with Crippen LogP contribution in [0.2, 0.25) is 0 Å². The van der Waals surface area contributed by atoms with Crippen molar-refractivity contribution < 1.29 is 23.9 Å². The van der Waals surface area contributed by atoms with E-state index >= 15 is 0 Å². The van der Waals surface area contributed by atoms with Crippen LogP contribution in [0.1, 0.15) is 52.5 Å². The number of rotatable bonds is 8. The molecule has 0 bridgehead atoms. The Balaban J connectivity index is 1.72. The molecule has 174 valence electrons. The van der Waals surface area contributed by atoms with Crippen molar-refractivity contribution in [2.24, 2.45) is 5.92 Å². The Morgan fingerprint density at radius 3 is 2.59 bits per heavy atom. The number of ether oxygens (including phenoxy) is 2. The third-order valence-electron chi connectivity index (χ3n) is 5.77. The lowest BCUT2D eigenvalue weighted by Gasteiger charge is -2.31. The minimum Gasteiger partial charge on any atom is -0.490 e. The Hall–Kier alpha value is -2.48. The molecular weight excluding hydrogens is 428 g/mol. The van der Waals surface area contributed by atoms with E-state index in [1.54, 1.807) is 17.0 Å². The van der Waals surface area contributed by atoms with Gasteiger partial charge in [-0.05, 0) is 74.6 Å². The van der Waals surface area contributed by atoms with Gasteiger partial charge in [-0.25, -0.2) is 0 Å². The molecule has 1 aromatic carbocycles. The first-order valence-electron chi connectivity index (χ1n) is 11.3. The Labute approximate surface area is 194 Å². The van der Waals surface area contributed by atoms with Crippen molar-refractivity contribution in [1.82, 2.24) is 9.80 Å². The molecule has 0 unspecified atom stereocenters.